The van der Waals surface area contributed by atoms with Crippen molar-refractivity contribution in [1.29, 1.82) is 0 Å². The van der Waals surface area contributed by atoms with Crippen LogP contribution in [0.1, 0.15) is 57.4 Å². The molecule has 1 aliphatic heterocycles. The fraction of sp³-hybridized carbons (Fsp3) is 0.778. The molecule has 2 amide bonds. The third-order valence-corrected chi connectivity index (χ3v) is 6.09. The van der Waals surface area contributed by atoms with Gasteiger partial charge < -0.3 is 19.9 Å². The first kappa shape index (κ1) is 17.3. The summed E-state index contributed by atoms with van der Waals surface area (Å²) < 4.78 is 1.85. The van der Waals surface area contributed by atoms with E-state index in [1.165, 1.54) is 19.3 Å². The summed E-state index contributed by atoms with van der Waals surface area (Å²) in [4.78, 5) is 18.7. The lowest BCUT2D eigenvalue weighted by atomic mass is 9.67. The van der Waals surface area contributed by atoms with Crippen LogP contribution in [0, 0.1) is 11.3 Å². The van der Waals surface area contributed by atoms with Crippen LogP contribution in [0.3, 0.4) is 0 Å². The van der Waals surface area contributed by atoms with Gasteiger partial charge in [0.25, 0.3) is 0 Å². The van der Waals surface area contributed by atoms with Gasteiger partial charge in [-0.15, -0.1) is 0 Å². The molecule has 0 radical (unpaired) electrons. The van der Waals surface area contributed by atoms with Gasteiger partial charge >= 0.3 is 6.03 Å². The molecule has 2 heterocycles. The minimum atomic E-state index is -0.616. The second kappa shape index (κ2) is 7.13. The first-order chi connectivity index (χ1) is 11.5. The van der Waals surface area contributed by atoms with Crippen molar-refractivity contribution < 1.29 is 9.90 Å². The average Bonchev–Trinajstić information content (AvgIpc) is 2.99. The van der Waals surface area contributed by atoms with Crippen molar-refractivity contribution in [3.8, 4) is 0 Å². The van der Waals surface area contributed by atoms with Crippen LogP contribution in [0.5, 0.6) is 0 Å². The molecule has 0 spiro atoms. The number of urea groups is 1. The molecule has 0 bridgehead atoms. The lowest BCUT2D eigenvalue weighted by molar-refractivity contribution is 0.0514. The maximum atomic E-state index is 12.5. The smallest absolute Gasteiger partial charge is 0.317 e. The van der Waals surface area contributed by atoms with E-state index in [0.717, 1.165) is 32.4 Å². The van der Waals surface area contributed by atoms with E-state index in [-0.39, 0.29) is 11.9 Å². The summed E-state index contributed by atoms with van der Waals surface area (Å²) in [6, 6.07) is 0.0199. The number of likely N-dealkylation sites (tertiary alicyclic amines) is 1. The Bertz CT molecular complexity index is 562. The third kappa shape index (κ3) is 3.43. The average molecular weight is 334 g/mol. The van der Waals surface area contributed by atoms with E-state index < -0.39 is 6.10 Å². The topological polar surface area (TPSA) is 70.4 Å². The minimum Gasteiger partial charge on any atom is -0.385 e. The largest absolute Gasteiger partial charge is 0.385 e. The molecule has 6 nitrogen and oxygen atoms in total. The van der Waals surface area contributed by atoms with Gasteiger partial charge in [0.1, 0.15) is 11.9 Å². The molecule has 24 heavy (non-hydrogen) atoms. The molecular formula is C18H30N4O2. The van der Waals surface area contributed by atoms with Crippen LogP contribution in [0.2, 0.25) is 0 Å². The number of aliphatic hydroxyl groups excluding tert-OH is 1. The van der Waals surface area contributed by atoms with Gasteiger partial charge in [-0.2, -0.15) is 0 Å². The highest BCUT2D eigenvalue weighted by Crippen LogP contribution is 2.43. The van der Waals surface area contributed by atoms with Crippen molar-refractivity contribution in [2.24, 2.45) is 18.4 Å². The number of hydrogen-bond donors (Lipinski definition) is 2. The first-order valence-corrected chi connectivity index (χ1v) is 9.23. The molecule has 2 unspecified atom stereocenters. The maximum absolute atomic E-state index is 12.5. The first-order valence-electron chi connectivity index (χ1n) is 9.23. The Morgan fingerprint density at radius 2 is 2.29 bits per heavy atom. The van der Waals surface area contributed by atoms with Crippen molar-refractivity contribution in [3.63, 3.8) is 0 Å². The van der Waals surface area contributed by atoms with Gasteiger partial charge in [0.15, 0.2) is 0 Å². The summed E-state index contributed by atoms with van der Waals surface area (Å²) in [5.41, 5.74) is 0.331. The lowest BCUT2D eigenvalue weighted by Crippen LogP contribution is -2.50. The second-order valence-corrected chi connectivity index (χ2v) is 7.56. The Labute approximate surface area is 144 Å². The molecule has 2 N–H and O–H groups in total. The molecule has 1 saturated heterocycles. The fourth-order valence-electron chi connectivity index (χ4n) is 4.03. The minimum absolute atomic E-state index is 0.0199. The molecule has 1 aromatic heterocycles. The highest BCUT2D eigenvalue weighted by atomic mass is 16.3. The fourth-order valence-corrected chi connectivity index (χ4v) is 4.03. The van der Waals surface area contributed by atoms with Crippen molar-refractivity contribution in [1.82, 2.24) is 19.8 Å². The standard InChI is InChI=1S/C18H30N4O2/c1-3-18(7-5-8-18)13-20-17(24)22-10-4-6-14(12-22)15(23)16-19-9-11-21(16)2/h9,11,14-15,23H,3-8,10,12-13H2,1-2H3,(H,20,24). The summed E-state index contributed by atoms with van der Waals surface area (Å²) in [6.07, 6.45) is 9.65. The summed E-state index contributed by atoms with van der Waals surface area (Å²) in [6.45, 7) is 4.37. The van der Waals surface area contributed by atoms with Crippen LogP contribution in [0.25, 0.3) is 0 Å². The summed E-state index contributed by atoms with van der Waals surface area (Å²) >= 11 is 0. The van der Waals surface area contributed by atoms with E-state index in [4.69, 9.17) is 0 Å². The molecule has 6 heteroatoms. The summed E-state index contributed by atoms with van der Waals surface area (Å²) in [5.74, 6) is 0.733. The number of carbonyl (C=O) groups excluding carboxylic acids is 1. The Hall–Kier alpha value is -1.56. The van der Waals surface area contributed by atoms with E-state index in [1.807, 2.05) is 22.7 Å². The molecule has 1 saturated carbocycles. The van der Waals surface area contributed by atoms with Crippen LogP contribution in [0.4, 0.5) is 4.79 Å². The Morgan fingerprint density at radius 1 is 1.50 bits per heavy atom. The van der Waals surface area contributed by atoms with Crippen LogP contribution in [-0.2, 0) is 7.05 Å². The van der Waals surface area contributed by atoms with Crippen LogP contribution >= 0.6 is 0 Å². The number of amides is 2. The van der Waals surface area contributed by atoms with Gasteiger partial charge in [-0.05, 0) is 37.5 Å². The number of carbonyl (C=O) groups is 1. The molecule has 2 atom stereocenters. The lowest BCUT2D eigenvalue weighted by Gasteiger charge is -2.42. The predicted octanol–water partition coefficient (Wildman–Crippen LogP) is 2.46. The number of nitrogens with one attached hydrogen (secondary N) is 1. The zero-order chi connectivity index (χ0) is 17.2. The van der Waals surface area contributed by atoms with Gasteiger partial charge in [-0.3, -0.25) is 0 Å². The highest BCUT2D eigenvalue weighted by Gasteiger charge is 2.36. The van der Waals surface area contributed by atoms with Crippen LogP contribution in [-0.4, -0.2) is 45.2 Å². The molecule has 1 aliphatic carbocycles. The molecular weight excluding hydrogens is 304 g/mol. The van der Waals surface area contributed by atoms with Crippen molar-refractivity contribution in [3.05, 3.63) is 18.2 Å². The van der Waals surface area contributed by atoms with Gasteiger partial charge in [0.05, 0.1) is 0 Å². The van der Waals surface area contributed by atoms with Crippen molar-refractivity contribution in [2.75, 3.05) is 19.6 Å². The Morgan fingerprint density at radius 3 is 2.88 bits per heavy atom. The number of piperidine rings is 1. The summed E-state index contributed by atoms with van der Waals surface area (Å²) in [7, 11) is 1.89. The van der Waals surface area contributed by atoms with Gasteiger partial charge in [-0.25, -0.2) is 9.78 Å². The highest BCUT2D eigenvalue weighted by molar-refractivity contribution is 5.74. The molecule has 1 aromatic rings. The number of imidazole rings is 1. The number of rotatable bonds is 5. The predicted molar refractivity (Wildman–Crippen MR) is 92.4 cm³/mol. The van der Waals surface area contributed by atoms with Crippen molar-refractivity contribution in [2.45, 2.75) is 51.6 Å². The zero-order valence-corrected chi connectivity index (χ0v) is 14.9. The maximum Gasteiger partial charge on any atom is 0.317 e. The van der Waals surface area contributed by atoms with Crippen LogP contribution < -0.4 is 5.32 Å². The molecule has 2 fully saturated rings. The second-order valence-electron chi connectivity index (χ2n) is 7.56. The van der Waals surface area contributed by atoms with E-state index in [1.54, 1.807) is 6.20 Å². The van der Waals surface area contributed by atoms with Gasteiger partial charge in [-0.1, -0.05) is 13.3 Å². The quantitative estimate of drug-likeness (QED) is 0.869. The molecule has 0 aromatic carbocycles. The number of aryl methyl sites for hydroxylation is 1. The van der Waals surface area contributed by atoms with E-state index in [2.05, 4.69) is 17.2 Å². The number of hydrogen-bond acceptors (Lipinski definition) is 3. The Balaban J connectivity index is 1.55. The number of nitrogens with zero attached hydrogens (tertiary/aromatic N) is 3. The third-order valence-electron chi connectivity index (χ3n) is 6.09. The normalized spacial score (nSPS) is 24.3. The zero-order valence-electron chi connectivity index (χ0n) is 14.9. The Kier molecular flexibility index (Phi) is 5.13. The van der Waals surface area contributed by atoms with Crippen LogP contribution in [0.15, 0.2) is 12.4 Å². The van der Waals surface area contributed by atoms with Crippen molar-refractivity contribution >= 4 is 6.03 Å². The van der Waals surface area contributed by atoms with E-state index in [0.29, 0.717) is 17.8 Å². The number of aromatic nitrogens is 2. The molecule has 134 valence electrons. The van der Waals surface area contributed by atoms with Gasteiger partial charge in [0.2, 0.25) is 0 Å². The summed E-state index contributed by atoms with van der Waals surface area (Å²) in [5, 5.41) is 13.8. The molecule has 3 rings (SSSR count). The van der Waals surface area contributed by atoms with Gasteiger partial charge in [0, 0.05) is 45.0 Å². The number of aliphatic hydroxyl groups is 1. The molecule has 2 aliphatic rings. The monoisotopic (exact) mass is 334 g/mol. The van der Waals surface area contributed by atoms with E-state index >= 15 is 0 Å². The SMILES string of the molecule is CCC1(CNC(=O)N2CCCC(C(O)c3nccn3C)C2)CCC1. The van der Waals surface area contributed by atoms with E-state index in [9.17, 15) is 9.90 Å².